The molecule has 1 aromatic rings. The zero-order valence-electron chi connectivity index (χ0n) is 12.1. The van der Waals surface area contributed by atoms with Crippen molar-refractivity contribution in [1.29, 1.82) is 0 Å². The summed E-state index contributed by atoms with van der Waals surface area (Å²) < 4.78 is 0. The molecule has 1 aromatic carbocycles. The standard InChI is InChI=1S/C16H25NOS/c1-4-19-16-7-5-6-14(16)17-12(3)13-9-8-11(2)10-15(13)18/h8-10,12,14,16-18H,4-7H2,1-3H3. The van der Waals surface area contributed by atoms with Gasteiger partial charge < -0.3 is 10.4 Å². The Bertz CT molecular complexity index is 421. The fourth-order valence-corrected chi connectivity index (χ4v) is 4.17. The van der Waals surface area contributed by atoms with Crippen LogP contribution in [0.2, 0.25) is 0 Å². The van der Waals surface area contributed by atoms with Crippen molar-refractivity contribution in [3.8, 4) is 5.75 Å². The van der Waals surface area contributed by atoms with Crippen molar-refractivity contribution < 1.29 is 5.11 Å². The summed E-state index contributed by atoms with van der Waals surface area (Å²) in [7, 11) is 0. The van der Waals surface area contributed by atoms with Gasteiger partial charge >= 0.3 is 0 Å². The Balaban J connectivity index is 2.02. The molecule has 1 aliphatic rings. The summed E-state index contributed by atoms with van der Waals surface area (Å²) in [6, 6.07) is 6.75. The molecule has 3 unspecified atom stereocenters. The van der Waals surface area contributed by atoms with E-state index in [1.165, 1.54) is 25.0 Å². The molecule has 0 bridgehead atoms. The van der Waals surface area contributed by atoms with Crippen molar-refractivity contribution in [3.05, 3.63) is 29.3 Å². The highest BCUT2D eigenvalue weighted by Crippen LogP contribution is 2.33. The van der Waals surface area contributed by atoms with Gasteiger partial charge in [0.05, 0.1) is 0 Å². The fraction of sp³-hybridized carbons (Fsp3) is 0.625. The van der Waals surface area contributed by atoms with Crippen LogP contribution >= 0.6 is 11.8 Å². The first kappa shape index (κ1) is 14.7. The molecule has 19 heavy (non-hydrogen) atoms. The quantitative estimate of drug-likeness (QED) is 0.853. The molecule has 2 rings (SSSR count). The van der Waals surface area contributed by atoms with Gasteiger partial charge in [-0.1, -0.05) is 25.5 Å². The lowest BCUT2D eigenvalue weighted by Gasteiger charge is -2.25. The maximum absolute atomic E-state index is 10.1. The highest BCUT2D eigenvalue weighted by molar-refractivity contribution is 7.99. The van der Waals surface area contributed by atoms with Crippen molar-refractivity contribution in [2.75, 3.05) is 5.75 Å². The molecule has 0 heterocycles. The molecule has 1 fully saturated rings. The third kappa shape index (κ3) is 3.67. The van der Waals surface area contributed by atoms with Crippen LogP contribution in [0.15, 0.2) is 18.2 Å². The van der Waals surface area contributed by atoms with Gasteiger partial charge in [-0.15, -0.1) is 0 Å². The first-order chi connectivity index (χ1) is 9.11. The van der Waals surface area contributed by atoms with E-state index in [4.69, 9.17) is 0 Å². The normalized spacial score (nSPS) is 24.6. The molecule has 2 N–H and O–H groups in total. The second kappa shape index (κ2) is 6.67. The minimum Gasteiger partial charge on any atom is -0.508 e. The van der Waals surface area contributed by atoms with E-state index < -0.39 is 0 Å². The van der Waals surface area contributed by atoms with Gasteiger partial charge in [0, 0.05) is 22.9 Å². The van der Waals surface area contributed by atoms with Crippen LogP contribution in [0.4, 0.5) is 0 Å². The molecular weight excluding hydrogens is 254 g/mol. The smallest absolute Gasteiger partial charge is 0.120 e. The van der Waals surface area contributed by atoms with Crippen LogP contribution in [-0.2, 0) is 0 Å². The number of aromatic hydroxyl groups is 1. The minimum absolute atomic E-state index is 0.212. The molecular formula is C16H25NOS. The first-order valence-corrected chi connectivity index (χ1v) is 8.34. The third-order valence-electron chi connectivity index (χ3n) is 3.95. The molecule has 0 aromatic heterocycles. The van der Waals surface area contributed by atoms with E-state index >= 15 is 0 Å². The summed E-state index contributed by atoms with van der Waals surface area (Å²) >= 11 is 2.07. The molecule has 0 spiro atoms. The third-order valence-corrected chi connectivity index (χ3v) is 5.28. The predicted molar refractivity (Wildman–Crippen MR) is 84.0 cm³/mol. The summed E-state index contributed by atoms with van der Waals surface area (Å²) in [6.07, 6.45) is 3.90. The Morgan fingerprint density at radius 1 is 1.42 bits per heavy atom. The molecule has 2 nitrogen and oxygen atoms in total. The Labute approximate surface area is 121 Å². The molecule has 0 saturated heterocycles. The molecule has 0 radical (unpaired) electrons. The van der Waals surface area contributed by atoms with Gasteiger partial charge in [-0.3, -0.25) is 0 Å². The second-order valence-corrected chi connectivity index (χ2v) is 7.00. The molecule has 3 atom stereocenters. The number of phenols is 1. The lowest BCUT2D eigenvalue weighted by Crippen LogP contribution is -2.36. The van der Waals surface area contributed by atoms with E-state index in [1.54, 1.807) is 0 Å². The summed E-state index contributed by atoms with van der Waals surface area (Å²) in [5.74, 6) is 1.60. The van der Waals surface area contributed by atoms with E-state index in [2.05, 4.69) is 37.0 Å². The van der Waals surface area contributed by atoms with E-state index in [-0.39, 0.29) is 6.04 Å². The maximum atomic E-state index is 10.1. The lowest BCUT2D eigenvalue weighted by atomic mass is 10.0. The average molecular weight is 279 g/mol. The van der Waals surface area contributed by atoms with Gasteiger partial charge in [0.2, 0.25) is 0 Å². The van der Waals surface area contributed by atoms with Crippen molar-refractivity contribution in [2.24, 2.45) is 0 Å². The van der Waals surface area contributed by atoms with Crippen LogP contribution in [0.3, 0.4) is 0 Å². The number of aryl methyl sites for hydroxylation is 1. The topological polar surface area (TPSA) is 32.3 Å². The van der Waals surface area contributed by atoms with E-state index in [9.17, 15) is 5.11 Å². The average Bonchev–Trinajstić information content (AvgIpc) is 2.77. The Hall–Kier alpha value is -0.670. The van der Waals surface area contributed by atoms with E-state index in [1.807, 2.05) is 19.1 Å². The molecule has 0 aliphatic heterocycles. The molecule has 0 amide bonds. The Morgan fingerprint density at radius 3 is 2.89 bits per heavy atom. The monoisotopic (exact) mass is 279 g/mol. The highest BCUT2D eigenvalue weighted by Gasteiger charge is 2.28. The first-order valence-electron chi connectivity index (χ1n) is 7.29. The van der Waals surface area contributed by atoms with Crippen molar-refractivity contribution in [2.45, 2.75) is 57.4 Å². The highest BCUT2D eigenvalue weighted by atomic mass is 32.2. The van der Waals surface area contributed by atoms with Crippen LogP contribution in [0.5, 0.6) is 5.75 Å². The molecule has 106 valence electrons. The lowest BCUT2D eigenvalue weighted by molar-refractivity contribution is 0.429. The van der Waals surface area contributed by atoms with Crippen LogP contribution in [-0.4, -0.2) is 22.2 Å². The summed E-state index contributed by atoms with van der Waals surface area (Å²) in [6.45, 7) is 6.39. The molecule has 1 saturated carbocycles. The van der Waals surface area contributed by atoms with Crippen LogP contribution in [0, 0.1) is 6.92 Å². The molecule has 3 heteroatoms. The maximum Gasteiger partial charge on any atom is 0.120 e. The number of benzene rings is 1. The van der Waals surface area contributed by atoms with Gasteiger partial charge in [0.25, 0.3) is 0 Å². The summed E-state index contributed by atoms with van der Waals surface area (Å²) in [4.78, 5) is 0. The second-order valence-electron chi connectivity index (χ2n) is 5.48. The van der Waals surface area contributed by atoms with Crippen LogP contribution in [0.25, 0.3) is 0 Å². The van der Waals surface area contributed by atoms with Gasteiger partial charge in [-0.25, -0.2) is 0 Å². The minimum atomic E-state index is 0.212. The van der Waals surface area contributed by atoms with Gasteiger partial charge in [-0.05, 0) is 44.1 Å². The van der Waals surface area contributed by atoms with Crippen LogP contribution in [0.1, 0.15) is 50.3 Å². The number of hydrogen-bond donors (Lipinski definition) is 2. The zero-order valence-corrected chi connectivity index (χ0v) is 13.0. The SMILES string of the molecule is CCSC1CCCC1NC(C)c1ccc(C)cc1O. The number of thioether (sulfide) groups is 1. The summed E-state index contributed by atoms with van der Waals surface area (Å²) in [5.41, 5.74) is 2.12. The largest absolute Gasteiger partial charge is 0.508 e. The number of hydrogen-bond acceptors (Lipinski definition) is 3. The fourth-order valence-electron chi connectivity index (χ4n) is 2.96. The summed E-state index contributed by atoms with van der Waals surface area (Å²) in [5, 5.41) is 14.5. The van der Waals surface area contributed by atoms with Crippen molar-refractivity contribution in [1.82, 2.24) is 5.32 Å². The predicted octanol–water partition coefficient (Wildman–Crippen LogP) is 4.03. The van der Waals surface area contributed by atoms with Crippen LogP contribution < -0.4 is 5.32 Å². The number of nitrogens with one attached hydrogen (secondary N) is 1. The Kier molecular flexibility index (Phi) is 5.17. The van der Waals surface area contributed by atoms with Crippen molar-refractivity contribution in [3.63, 3.8) is 0 Å². The number of phenolic OH excluding ortho intramolecular Hbond substituents is 1. The van der Waals surface area contributed by atoms with Crippen molar-refractivity contribution >= 4 is 11.8 Å². The molecule has 1 aliphatic carbocycles. The van der Waals surface area contributed by atoms with Gasteiger partial charge in [0.1, 0.15) is 5.75 Å². The number of rotatable bonds is 5. The van der Waals surface area contributed by atoms with Gasteiger partial charge in [0.15, 0.2) is 0 Å². The van der Waals surface area contributed by atoms with E-state index in [0.29, 0.717) is 11.8 Å². The zero-order chi connectivity index (χ0) is 13.8. The van der Waals surface area contributed by atoms with Gasteiger partial charge in [-0.2, -0.15) is 11.8 Å². The van der Waals surface area contributed by atoms with E-state index in [0.717, 1.165) is 16.4 Å². The Morgan fingerprint density at radius 2 is 2.21 bits per heavy atom.